The molecule has 2 rings (SSSR count). The second-order valence-corrected chi connectivity index (χ2v) is 4.05. The highest BCUT2D eigenvalue weighted by molar-refractivity contribution is 6.19. The van der Waals surface area contributed by atoms with Gasteiger partial charge in [-0.25, -0.2) is 0 Å². The zero-order chi connectivity index (χ0) is 14.4. The van der Waals surface area contributed by atoms with Gasteiger partial charge in [0.25, 0.3) is 0 Å². The van der Waals surface area contributed by atoms with Crippen LogP contribution in [0.4, 0.5) is 0 Å². The van der Waals surface area contributed by atoms with E-state index in [1.165, 1.54) is 4.80 Å². The van der Waals surface area contributed by atoms with Crippen molar-refractivity contribution in [3.63, 3.8) is 0 Å². The number of benzene rings is 1. The van der Waals surface area contributed by atoms with Crippen molar-refractivity contribution in [1.82, 2.24) is 20.2 Å². The minimum absolute atomic E-state index is 0.218. The molecule has 20 heavy (non-hydrogen) atoms. The van der Waals surface area contributed by atoms with E-state index >= 15 is 0 Å². The van der Waals surface area contributed by atoms with Gasteiger partial charge in [0.1, 0.15) is 11.5 Å². The van der Waals surface area contributed by atoms with E-state index in [1.54, 1.807) is 32.4 Å². The Labute approximate surface area is 121 Å². The monoisotopic (exact) mass is 292 g/mol. The number of halogens is 1. The van der Waals surface area contributed by atoms with Crippen LogP contribution in [0.5, 0.6) is 11.5 Å². The van der Waals surface area contributed by atoms with E-state index in [1.807, 2.05) is 0 Å². The van der Waals surface area contributed by atoms with Crippen LogP contribution in [-0.4, -0.2) is 33.2 Å². The first-order valence-electron chi connectivity index (χ1n) is 5.81. The van der Waals surface area contributed by atoms with Crippen molar-refractivity contribution in [1.29, 1.82) is 0 Å². The van der Waals surface area contributed by atoms with Gasteiger partial charge >= 0.3 is 0 Å². The molecule has 1 aromatic carbocycles. The molecule has 6 nitrogen and oxygen atoms in total. The topological polar surface area (TPSA) is 62.1 Å². The number of hydrogen-bond acceptors (Lipinski definition) is 5. The third kappa shape index (κ3) is 3.62. The summed E-state index contributed by atoms with van der Waals surface area (Å²) in [5, 5.41) is 11.6. The number of ether oxygens (including phenoxy) is 2. The Morgan fingerprint density at radius 3 is 2.90 bits per heavy atom. The molecule has 0 unspecified atom stereocenters. The quantitative estimate of drug-likeness (QED) is 0.629. The summed E-state index contributed by atoms with van der Waals surface area (Å²) in [6, 6.07) is 5.37. The number of tetrazole rings is 1. The van der Waals surface area contributed by atoms with E-state index in [0.717, 1.165) is 0 Å². The van der Waals surface area contributed by atoms with Gasteiger partial charge in [-0.05, 0) is 23.4 Å². The minimum atomic E-state index is 0.218. The van der Waals surface area contributed by atoms with Gasteiger partial charge in [-0.15, -0.1) is 21.8 Å². The van der Waals surface area contributed by atoms with Gasteiger partial charge in [0, 0.05) is 0 Å². The van der Waals surface area contributed by atoms with Gasteiger partial charge in [0.05, 0.1) is 25.6 Å². The molecule has 0 radical (unpaired) electrons. The molecule has 7 heteroatoms. The Kier molecular flexibility index (Phi) is 4.80. The Bertz CT molecular complexity index is 645. The summed E-state index contributed by atoms with van der Waals surface area (Å²) < 4.78 is 10.8. The summed E-state index contributed by atoms with van der Waals surface area (Å²) in [5.41, 5.74) is 0.703. The van der Waals surface area contributed by atoms with Crippen LogP contribution in [0.3, 0.4) is 0 Å². The first kappa shape index (κ1) is 14.2. The molecule has 0 aliphatic heterocycles. The molecule has 104 valence electrons. The van der Waals surface area contributed by atoms with Gasteiger partial charge in [0.15, 0.2) is 6.61 Å². The standard InChI is InChI=1S/C13H13ClN4O2/c1-18-16-13(15-17-18)9-20-12-6-5-11(19-2)8-10(12)4-3-7-14/h5-6,8H,7,9H2,1-2H3. The molecule has 1 aromatic heterocycles. The third-order valence-corrected chi connectivity index (χ3v) is 2.52. The lowest BCUT2D eigenvalue weighted by molar-refractivity contribution is 0.294. The summed E-state index contributed by atoms with van der Waals surface area (Å²) in [7, 11) is 3.29. The molecule has 0 saturated carbocycles. The van der Waals surface area contributed by atoms with Gasteiger partial charge in [-0.2, -0.15) is 4.80 Å². The fourth-order valence-electron chi connectivity index (χ4n) is 1.51. The molecule has 2 aromatic rings. The second kappa shape index (κ2) is 6.78. The van der Waals surface area contributed by atoms with Crippen LogP contribution >= 0.6 is 11.6 Å². The van der Waals surface area contributed by atoms with Crippen LogP contribution < -0.4 is 9.47 Å². The predicted molar refractivity (Wildman–Crippen MR) is 73.7 cm³/mol. The summed E-state index contributed by atoms with van der Waals surface area (Å²) >= 11 is 5.58. The molecule has 0 spiro atoms. The normalized spacial score (nSPS) is 9.75. The van der Waals surface area contributed by atoms with Crippen molar-refractivity contribution in [2.75, 3.05) is 13.0 Å². The highest BCUT2D eigenvalue weighted by Crippen LogP contribution is 2.24. The van der Waals surface area contributed by atoms with Crippen molar-refractivity contribution in [2.45, 2.75) is 6.61 Å². The average Bonchev–Trinajstić information content (AvgIpc) is 2.89. The number of hydrogen-bond donors (Lipinski definition) is 0. The molecule has 0 saturated heterocycles. The zero-order valence-electron chi connectivity index (χ0n) is 11.1. The molecular weight excluding hydrogens is 280 g/mol. The average molecular weight is 293 g/mol. The van der Waals surface area contributed by atoms with Gasteiger partial charge in [-0.3, -0.25) is 0 Å². The van der Waals surface area contributed by atoms with Crippen molar-refractivity contribution >= 4 is 11.6 Å². The van der Waals surface area contributed by atoms with Crippen molar-refractivity contribution in [2.24, 2.45) is 7.05 Å². The molecule has 0 bridgehead atoms. The Morgan fingerprint density at radius 2 is 2.25 bits per heavy atom. The zero-order valence-corrected chi connectivity index (χ0v) is 11.9. The lowest BCUT2D eigenvalue weighted by Gasteiger charge is -2.08. The number of rotatable bonds is 4. The molecule has 0 aliphatic rings. The van der Waals surface area contributed by atoms with Crippen molar-refractivity contribution in [3.8, 4) is 23.3 Å². The first-order valence-corrected chi connectivity index (χ1v) is 6.35. The van der Waals surface area contributed by atoms with Gasteiger partial charge < -0.3 is 9.47 Å². The first-order chi connectivity index (χ1) is 9.72. The molecule has 0 fully saturated rings. The molecule has 0 atom stereocenters. The number of aromatic nitrogens is 4. The SMILES string of the molecule is COc1ccc(OCc2nnn(C)n2)c(C#CCCl)c1. The summed E-state index contributed by atoms with van der Waals surface area (Å²) in [4.78, 5) is 1.38. The van der Waals surface area contributed by atoms with Crippen LogP contribution in [0, 0.1) is 11.8 Å². The number of methoxy groups -OCH3 is 1. The van der Waals surface area contributed by atoms with E-state index in [4.69, 9.17) is 21.1 Å². The third-order valence-electron chi connectivity index (χ3n) is 2.38. The van der Waals surface area contributed by atoms with Gasteiger partial charge in [-0.1, -0.05) is 11.8 Å². The number of aryl methyl sites for hydroxylation is 1. The maximum absolute atomic E-state index is 5.65. The summed E-state index contributed by atoms with van der Waals surface area (Å²) in [5.74, 6) is 7.80. The summed E-state index contributed by atoms with van der Waals surface area (Å²) in [6.07, 6.45) is 0. The highest BCUT2D eigenvalue weighted by atomic mass is 35.5. The molecule has 1 heterocycles. The van der Waals surface area contributed by atoms with Crippen molar-refractivity contribution in [3.05, 3.63) is 29.6 Å². The Morgan fingerprint density at radius 1 is 1.40 bits per heavy atom. The van der Waals surface area contributed by atoms with Crippen LogP contribution in [-0.2, 0) is 13.7 Å². The lowest BCUT2D eigenvalue weighted by Crippen LogP contribution is -2.00. The Balaban J connectivity index is 2.17. The molecule has 0 aliphatic carbocycles. The molecule has 0 N–H and O–H groups in total. The lowest BCUT2D eigenvalue weighted by atomic mass is 10.2. The van der Waals surface area contributed by atoms with E-state index in [-0.39, 0.29) is 12.5 Å². The molecular formula is C13H13ClN4O2. The van der Waals surface area contributed by atoms with Crippen molar-refractivity contribution < 1.29 is 9.47 Å². The fourth-order valence-corrected chi connectivity index (χ4v) is 1.58. The van der Waals surface area contributed by atoms with E-state index in [9.17, 15) is 0 Å². The smallest absolute Gasteiger partial charge is 0.212 e. The minimum Gasteiger partial charge on any atom is -0.497 e. The fraction of sp³-hybridized carbons (Fsp3) is 0.308. The van der Waals surface area contributed by atoms with E-state index in [2.05, 4.69) is 27.3 Å². The van der Waals surface area contributed by atoms with Crippen LogP contribution in [0.1, 0.15) is 11.4 Å². The van der Waals surface area contributed by atoms with E-state index < -0.39 is 0 Å². The second-order valence-electron chi connectivity index (χ2n) is 3.78. The van der Waals surface area contributed by atoms with Crippen LogP contribution in [0.15, 0.2) is 18.2 Å². The number of nitrogens with zero attached hydrogens (tertiary/aromatic N) is 4. The summed E-state index contributed by atoms with van der Waals surface area (Å²) in [6.45, 7) is 0.218. The highest BCUT2D eigenvalue weighted by Gasteiger charge is 2.06. The largest absolute Gasteiger partial charge is 0.497 e. The van der Waals surface area contributed by atoms with Crippen LogP contribution in [0.2, 0.25) is 0 Å². The predicted octanol–water partition coefficient (Wildman–Crippen LogP) is 1.39. The maximum Gasteiger partial charge on any atom is 0.212 e. The molecule has 0 amide bonds. The Hall–Kier alpha value is -2.26. The van der Waals surface area contributed by atoms with Crippen LogP contribution in [0.25, 0.3) is 0 Å². The van der Waals surface area contributed by atoms with Gasteiger partial charge in [0.2, 0.25) is 5.82 Å². The van der Waals surface area contributed by atoms with E-state index in [0.29, 0.717) is 22.9 Å². The maximum atomic E-state index is 5.65. The number of alkyl halides is 1.